The van der Waals surface area contributed by atoms with Crippen molar-refractivity contribution in [2.45, 2.75) is 0 Å². The van der Waals surface area contributed by atoms with E-state index < -0.39 is 0 Å². The maximum absolute atomic E-state index is 13.6. The number of ketones is 1. The lowest BCUT2D eigenvalue weighted by Crippen LogP contribution is -2.36. The van der Waals surface area contributed by atoms with Gasteiger partial charge in [-0.2, -0.15) is 0 Å². The fourth-order valence-electron chi connectivity index (χ4n) is 3.65. The summed E-state index contributed by atoms with van der Waals surface area (Å²) >= 11 is 1.38. The molecule has 0 radical (unpaired) electrons. The first-order chi connectivity index (χ1) is 16.9. The molecule has 0 unspecified atom stereocenters. The zero-order chi connectivity index (χ0) is 24.9. The number of ether oxygens (including phenoxy) is 2. The molecule has 36 heavy (non-hydrogen) atoms. The van der Waals surface area contributed by atoms with Gasteiger partial charge in [0.1, 0.15) is 21.7 Å². The summed E-state index contributed by atoms with van der Waals surface area (Å²) in [6.45, 7) is 1.10. The fraction of sp³-hybridized carbons (Fsp3) is 0.222. The van der Waals surface area contributed by atoms with E-state index in [4.69, 9.17) is 14.5 Å². The number of likely N-dealkylation sites (N-methyl/N-ethyl adjacent to an activating group) is 1. The van der Waals surface area contributed by atoms with Gasteiger partial charge in [0, 0.05) is 29.8 Å². The molecule has 0 aliphatic rings. The van der Waals surface area contributed by atoms with Gasteiger partial charge < -0.3 is 14.4 Å². The van der Waals surface area contributed by atoms with Crippen LogP contribution in [0.15, 0.2) is 66.7 Å². The number of hydrogen-bond donors (Lipinski definition) is 0. The number of nitrogens with zero attached hydrogens (tertiary/aromatic N) is 3. The summed E-state index contributed by atoms with van der Waals surface area (Å²) in [6, 6.07) is 19.5. The van der Waals surface area contributed by atoms with Crippen molar-refractivity contribution >= 4 is 50.8 Å². The number of halogens is 1. The Morgan fingerprint density at radius 3 is 2.00 bits per heavy atom. The Hall–Kier alpha value is -3.46. The molecule has 4 aromatic rings. The van der Waals surface area contributed by atoms with E-state index in [0.717, 1.165) is 4.70 Å². The van der Waals surface area contributed by atoms with Crippen LogP contribution in [0.1, 0.15) is 26.3 Å². The Kier molecular flexibility index (Phi) is 9.03. The maximum atomic E-state index is 13.6. The summed E-state index contributed by atoms with van der Waals surface area (Å²) in [7, 11) is 7.11. The molecule has 9 heteroatoms. The molecule has 1 aromatic heterocycles. The molecule has 0 aliphatic heterocycles. The predicted octanol–water partition coefficient (Wildman–Crippen LogP) is 5.17. The summed E-state index contributed by atoms with van der Waals surface area (Å²) < 4.78 is 11.8. The van der Waals surface area contributed by atoms with Crippen LogP contribution in [0.5, 0.6) is 11.5 Å². The molecule has 0 N–H and O–H groups in total. The highest BCUT2D eigenvalue weighted by molar-refractivity contribution is 7.22. The van der Waals surface area contributed by atoms with Crippen molar-refractivity contribution in [1.82, 2.24) is 9.88 Å². The van der Waals surface area contributed by atoms with Crippen LogP contribution in [0, 0.1) is 0 Å². The molecule has 1 amide bonds. The zero-order valence-corrected chi connectivity index (χ0v) is 22.2. The van der Waals surface area contributed by atoms with E-state index in [1.54, 1.807) is 61.6 Å². The van der Waals surface area contributed by atoms with Crippen molar-refractivity contribution in [3.8, 4) is 11.5 Å². The minimum absolute atomic E-state index is 0. The second-order valence-corrected chi connectivity index (χ2v) is 9.15. The van der Waals surface area contributed by atoms with Crippen LogP contribution in [-0.2, 0) is 0 Å². The van der Waals surface area contributed by atoms with Crippen LogP contribution in [-0.4, -0.2) is 63.0 Å². The van der Waals surface area contributed by atoms with Crippen molar-refractivity contribution in [2.24, 2.45) is 0 Å². The molecule has 3 aromatic carbocycles. The molecule has 188 valence electrons. The minimum atomic E-state index is -0.192. The minimum Gasteiger partial charge on any atom is -0.495 e. The summed E-state index contributed by atoms with van der Waals surface area (Å²) in [6.07, 6.45) is 0. The molecular weight excluding hydrogens is 498 g/mol. The van der Waals surface area contributed by atoms with Gasteiger partial charge in [0.25, 0.3) is 5.91 Å². The number of amides is 1. The second-order valence-electron chi connectivity index (χ2n) is 8.18. The number of fused-ring (bicyclic) bond motifs is 1. The van der Waals surface area contributed by atoms with E-state index in [0.29, 0.717) is 51.9 Å². The highest BCUT2D eigenvalue weighted by atomic mass is 35.5. The lowest BCUT2D eigenvalue weighted by molar-refractivity contribution is 0.0982. The number of carbonyl (C=O) groups is 2. The first-order valence-corrected chi connectivity index (χ1v) is 11.9. The van der Waals surface area contributed by atoms with Crippen molar-refractivity contribution in [3.63, 3.8) is 0 Å². The van der Waals surface area contributed by atoms with Crippen LogP contribution in [0.2, 0.25) is 0 Å². The average Bonchev–Trinajstić information content (AvgIpc) is 3.33. The molecule has 0 fully saturated rings. The highest BCUT2D eigenvalue weighted by Gasteiger charge is 2.24. The fourth-order valence-corrected chi connectivity index (χ4v) is 4.75. The van der Waals surface area contributed by atoms with Crippen LogP contribution >= 0.6 is 23.7 Å². The Morgan fingerprint density at radius 1 is 0.806 bits per heavy atom. The number of aromatic nitrogens is 1. The van der Waals surface area contributed by atoms with Crippen molar-refractivity contribution in [2.75, 3.05) is 46.3 Å². The van der Waals surface area contributed by atoms with Gasteiger partial charge in [-0.3, -0.25) is 14.5 Å². The van der Waals surface area contributed by atoms with Crippen LogP contribution in [0.4, 0.5) is 5.13 Å². The van der Waals surface area contributed by atoms with E-state index in [2.05, 4.69) is 0 Å². The Morgan fingerprint density at radius 2 is 1.39 bits per heavy atom. The van der Waals surface area contributed by atoms with Gasteiger partial charge in [0.15, 0.2) is 10.9 Å². The van der Waals surface area contributed by atoms with E-state index in [9.17, 15) is 9.59 Å². The third-order valence-electron chi connectivity index (χ3n) is 5.58. The predicted molar refractivity (Wildman–Crippen MR) is 147 cm³/mol. The summed E-state index contributed by atoms with van der Waals surface area (Å²) in [5.41, 5.74) is 2.27. The van der Waals surface area contributed by atoms with Gasteiger partial charge >= 0.3 is 0 Å². The van der Waals surface area contributed by atoms with Gasteiger partial charge in [-0.1, -0.05) is 53.8 Å². The summed E-state index contributed by atoms with van der Waals surface area (Å²) in [4.78, 5) is 34.8. The Labute approximate surface area is 220 Å². The highest BCUT2D eigenvalue weighted by Crippen LogP contribution is 2.40. The molecule has 0 saturated heterocycles. The normalized spacial score (nSPS) is 10.7. The average molecular weight is 526 g/mol. The molecule has 0 spiro atoms. The largest absolute Gasteiger partial charge is 0.495 e. The Bertz CT molecular complexity index is 1300. The van der Waals surface area contributed by atoms with E-state index in [1.807, 2.05) is 43.3 Å². The van der Waals surface area contributed by atoms with Crippen molar-refractivity contribution in [1.29, 1.82) is 0 Å². The van der Waals surface area contributed by atoms with E-state index >= 15 is 0 Å². The van der Waals surface area contributed by atoms with Crippen LogP contribution in [0.25, 0.3) is 10.2 Å². The van der Waals surface area contributed by atoms with Gasteiger partial charge in [0.05, 0.1) is 14.2 Å². The lowest BCUT2D eigenvalue weighted by atomic mass is 10.0. The molecule has 7 nitrogen and oxygen atoms in total. The summed E-state index contributed by atoms with van der Waals surface area (Å²) in [5, 5.41) is 0.555. The molecule has 0 aliphatic carbocycles. The molecule has 0 saturated carbocycles. The van der Waals surface area contributed by atoms with Gasteiger partial charge in [-0.25, -0.2) is 4.98 Å². The Balaban J connectivity index is 0.00000361. The zero-order valence-electron chi connectivity index (χ0n) is 20.6. The standard InChI is InChI=1S/C27H27N3O4S.ClH/c1-29(2)16-17-30(27-28-23-21(33-3)14-15-22(34-4)25(23)35-27)26(32)20-12-10-19(11-13-20)24(31)18-8-6-5-7-9-18;/h5-15H,16-17H2,1-4H3;1H. The number of thiazole rings is 1. The monoisotopic (exact) mass is 525 g/mol. The van der Waals surface area contributed by atoms with Crippen molar-refractivity contribution in [3.05, 3.63) is 83.4 Å². The number of rotatable bonds is 9. The SMILES string of the molecule is COc1ccc(OC)c2sc(N(CCN(C)C)C(=O)c3ccc(C(=O)c4ccccc4)cc3)nc12.Cl. The first-order valence-electron chi connectivity index (χ1n) is 11.1. The number of hydrogen-bond acceptors (Lipinski definition) is 7. The number of carbonyl (C=O) groups excluding carboxylic acids is 2. The molecule has 1 heterocycles. The topological polar surface area (TPSA) is 72.0 Å². The maximum Gasteiger partial charge on any atom is 0.260 e. The third kappa shape index (κ3) is 5.67. The molecular formula is C27H28ClN3O4S. The number of methoxy groups -OCH3 is 2. The number of anilines is 1. The van der Waals surface area contributed by atoms with Crippen LogP contribution in [0.3, 0.4) is 0 Å². The van der Waals surface area contributed by atoms with Crippen LogP contribution < -0.4 is 14.4 Å². The van der Waals surface area contributed by atoms with Crippen molar-refractivity contribution < 1.29 is 19.1 Å². The number of benzene rings is 3. The van der Waals surface area contributed by atoms with E-state index in [-0.39, 0.29) is 24.1 Å². The lowest BCUT2D eigenvalue weighted by Gasteiger charge is -2.22. The van der Waals surface area contributed by atoms with Gasteiger partial charge in [-0.15, -0.1) is 12.4 Å². The second kappa shape index (κ2) is 12.0. The van der Waals surface area contributed by atoms with Gasteiger partial charge in [0.2, 0.25) is 0 Å². The smallest absolute Gasteiger partial charge is 0.260 e. The molecule has 4 rings (SSSR count). The quantitative estimate of drug-likeness (QED) is 0.281. The van der Waals surface area contributed by atoms with E-state index in [1.165, 1.54) is 11.3 Å². The third-order valence-corrected chi connectivity index (χ3v) is 6.67. The first kappa shape index (κ1) is 27.1. The van der Waals surface area contributed by atoms with Gasteiger partial charge in [-0.05, 0) is 38.4 Å². The molecule has 0 atom stereocenters. The molecule has 0 bridgehead atoms. The summed E-state index contributed by atoms with van der Waals surface area (Å²) in [5.74, 6) is 1.02.